The van der Waals surface area contributed by atoms with Crippen LogP contribution in [0, 0.1) is 0 Å². The summed E-state index contributed by atoms with van der Waals surface area (Å²) >= 11 is 3.91. The molecule has 0 saturated carbocycles. The lowest BCUT2D eigenvalue weighted by atomic mass is 10.1. The molecule has 0 amide bonds. The Balaban J connectivity index is 0.923. The Kier molecular flexibility index (Phi) is 21.4. The standard InChI is InChI=1S/C48H58O8S2/c1-51-45-27-19-39(35-47(45)53-3)43(49)25-17-37-13-21-41(22-14-37)55-29-33-57-31-11-9-7-5-6-8-10-12-32-58-34-30-56-42-23-15-38(16-24-42)18-26-44(50)40-20-28-46(52-2)48(36-40)54-4/h13-28,35-36H,5-12,29-34H2,1-4H3/b25-17-,26-18-. The number of hydrogen-bond donors (Lipinski definition) is 0. The smallest absolute Gasteiger partial charge is 0.185 e. The second-order valence-electron chi connectivity index (χ2n) is 13.4. The molecule has 4 aromatic rings. The van der Waals surface area contributed by atoms with Crippen LogP contribution in [0.5, 0.6) is 34.5 Å². The molecule has 0 unspecified atom stereocenters. The predicted molar refractivity (Wildman–Crippen MR) is 241 cm³/mol. The number of allylic oxidation sites excluding steroid dienone is 2. The fraction of sp³-hybridized carbons (Fsp3) is 0.375. The third-order valence-electron chi connectivity index (χ3n) is 9.27. The highest BCUT2D eigenvalue weighted by atomic mass is 32.2. The zero-order valence-corrected chi connectivity index (χ0v) is 36.0. The third-order valence-corrected chi connectivity index (χ3v) is 11.3. The quantitative estimate of drug-likeness (QED) is 0.0299. The van der Waals surface area contributed by atoms with Gasteiger partial charge >= 0.3 is 0 Å². The van der Waals surface area contributed by atoms with Crippen molar-refractivity contribution in [3.63, 3.8) is 0 Å². The molecule has 0 aromatic heterocycles. The molecular weight excluding hydrogens is 769 g/mol. The highest BCUT2D eigenvalue weighted by Crippen LogP contribution is 2.29. The molecule has 0 fully saturated rings. The van der Waals surface area contributed by atoms with Crippen LogP contribution in [-0.4, -0.2) is 76.2 Å². The molecule has 0 heterocycles. The van der Waals surface area contributed by atoms with E-state index in [4.69, 9.17) is 28.4 Å². The molecule has 0 bridgehead atoms. The van der Waals surface area contributed by atoms with Crippen molar-refractivity contribution in [2.45, 2.75) is 51.4 Å². The van der Waals surface area contributed by atoms with Crippen molar-refractivity contribution in [3.8, 4) is 34.5 Å². The van der Waals surface area contributed by atoms with E-state index in [1.165, 1.54) is 62.9 Å². The molecule has 0 aliphatic carbocycles. The second kappa shape index (κ2) is 27.0. The van der Waals surface area contributed by atoms with Crippen LogP contribution in [0.1, 0.15) is 83.2 Å². The van der Waals surface area contributed by atoms with Gasteiger partial charge in [-0.2, -0.15) is 23.5 Å². The van der Waals surface area contributed by atoms with Crippen LogP contribution in [0.25, 0.3) is 12.2 Å². The van der Waals surface area contributed by atoms with Gasteiger partial charge in [-0.25, -0.2) is 0 Å². The first kappa shape index (κ1) is 45.9. The van der Waals surface area contributed by atoms with Gasteiger partial charge in [-0.15, -0.1) is 0 Å². The number of thioether (sulfide) groups is 2. The molecule has 0 N–H and O–H groups in total. The number of unbranched alkanes of at least 4 members (excludes halogenated alkanes) is 7. The van der Waals surface area contributed by atoms with E-state index in [2.05, 4.69) is 0 Å². The van der Waals surface area contributed by atoms with Gasteiger partial charge in [-0.05, 0) is 108 Å². The maximum atomic E-state index is 12.6. The van der Waals surface area contributed by atoms with Crippen LogP contribution < -0.4 is 28.4 Å². The first-order valence-corrected chi connectivity index (χ1v) is 22.2. The number of hydrogen-bond acceptors (Lipinski definition) is 10. The van der Waals surface area contributed by atoms with E-state index in [1.54, 1.807) is 89.1 Å². The van der Waals surface area contributed by atoms with Gasteiger partial charge < -0.3 is 28.4 Å². The van der Waals surface area contributed by atoms with Crippen molar-refractivity contribution in [2.24, 2.45) is 0 Å². The van der Waals surface area contributed by atoms with Crippen molar-refractivity contribution in [2.75, 3.05) is 64.7 Å². The lowest BCUT2D eigenvalue weighted by Gasteiger charge is -2.08. The minimum atomic E-state index is -0.101. The Hall–Kier alpha value is -4.80. The van der Waals surface area contributed by atoms with E-state index >= 15 is 0 Å². The zero-order chi connectivity index (χ0) is 41.2. The molecule has 4 rings (SSSR count). The van der Waals surface area contributed by atoms with E-state index in [0.717, 1.165) is 34.1 Å². The highest BCUT2D eigenvalue weighted by Gasteiger charge is 2.10. The maximum Gasteiger partial charge on any atom is 0.185 e. The van der Waals surface area contributed by atoms with E-state index in [-0.39, 0.29) is 11.6 Å². The minimum absolute atomic E-state index is 0.101. The lowest BCUT2D eigenvalue weighted by Crippen LogP contribution is -2.01. The van der Waals surface area contributed by atoms with Gasteiger partial charge in [0.15, 0.2) is 34.6 Å². The first-order chi connectivity index (χ1) is 28.4. The number of carbonyl (C=O) groups excluding carboxylic acids is 2. The molecule has 0 radical (unpaired) electrons. The third kappa shape index (κ3) is 16.6. The van der Waals surface area contributed by atoms with Crippen LogP contribution in [0.15, 0.2) is 97.1 Å². The van der Waals surface area contributed by atoms with Crippen molar-refractivity contribution >= 4 is 47.2 Å². The summed E-state index contributed by atoms with van der Waals surface area (Å²) in [5.41, 5.74) is 2.95. The zero-order valence-electron chi connectivity index (χ0n) is 34.4. The predicted octanol–water partition coefficient (Wildman–Crippen LogP) is 11.6. The second-order valence-corrected chi connectivity index (χ2v) is 15.9. The van der Waals surface area contributed by atoms with Gasteiger partial charge in [0, 0.05) is 22.6 Å². The largest absolute Gasteiger partial charge is 0.493 e. The normalized spacial score (nSPS) is 11.2. The van der Waals surface area contributed by atoms with Gasteiger partial charge in [-0.1, -0.05) is 74.9 Å². The molecule has 0 spiro atoms. The first-order valence-electron chi connectivity index (χ1n) is 19.9. The molecule has 0 atom stereocenters. The van der Waals surface area contributed by atoms with Crippen LogP contribution in [0.4, 0.5) is 0 Å². The molecule has 4 aromatic carbocycles. The van der Waals surface area contributed by atoms with Gasteiger partial charge in [0.1, 0.15) is 11.5 Å². The maximum absolute atomic E-state index is 12.6. The summed E-state index contributed by atoms with van der Waals surface area (Å²) in [6.45, 7) is 1.37. The Morgan fingerprint density at radius 3 is 1.17 bits per heavy atom. The Morgan fingerprint density at radius 2 is 0.810 bits per heavy atom. The Bertz CT molecular complexity index is 1740. The van der Waals surface area contributed by atoms with Gasteiger partial charge in [-0.3, -0.25) is 9.59 Å². The van der Waals surface area contributed by atoms with Gasteiger partial charge in [0.05, 0.1) is 41.7 Å². The average molecular weight is 827 g/mol. The van der Waals surface area contributed by atoms with E-state index in [0.29, 0.717) is 47.3 Å². The number of carbonyl (C=O) groups is 2. The molecule has 0 aliphatic rings. The van der Waals surface area contributed by atoms with Gasteiger partial charge in [0.25, 0.3) is 0 Å². The van der Waals surface area contributed by atoms with E-state index in [9.17, 15) is 9.59 Å². The SMILES string of the molecule is COc1ccc(C(=O)/C=C\c2ccc(OCCSCCCCCCCCCCSCCOc3ccc(/C=C\C(=O)c4ccc(OC)c(OC)c4)cc3)cc2)cc1OC. The van der Waals surface area contributed by atoms with Crippen LogP contribution >= 0.6 is 23.5 Å². The monoisotopic (exact) mass is 826 g/mol. The van der Waals surface area contributed by atoms with Crippen LogP contribution in [0.2, 0.25) is 0 Å². The number of benzene rings is 4. The van der Waals surface area contributed by atoms with Crippen molar-refractivity contribution < 1.29 is 38.0 Å². The molecule has 58 heavy (non-hydrogen) atoms. The summed E-state index contributed by atoms with van der Waals surface area (Å²) in [7, 11) is 6.25. The minimum Gasteiger partial charge on any atom is -0.493 e. The van der Waals surface area contributed by atoms with Crippen LogP contribution in [-0.2, 0) is 0 Å². The lowest BCUT2D eigenvalue weighted by molar-refractivity contribution is 0.103. The topological polar surface area (TPSA) is 89.5 Å². The van der Waals surface area contributed by atoms with Gasteiger partial charge in [0.2, 0.25) is 0 Å². The molecular formula is C48H58O8S2. The van der Waals surface area contributed by atoms with Crippen LogP contribution in [0.3, 0.4) is 0 Å². The van der Waals surface area contributed by atoms with Crippen molar-refractivity contribution in [1.29, 1.82) is 0 Å². The van der Waals surface area contributed by atoms with E-state index in [1.807, 2.05) is 72.1 Å². The summed E-state index contributed by atoms with van der Waals surface area (Å²) < 4.78 is 32.9. The fourth-order valence-corrected chi connectivity index (χ4v) is 7.60. The number of ketones is 2. The Morgan fingerprint density at radius 1 is 0.448 bits per heavy atom. The highest BCUT2D eigenvalue weighted by molar-refractivity contribution is 7.99. The molecule has 310 valence electrons. The van der Waals surface area contributed by atoms with Crippen molar-refractivity contribution in [3.05, 3.63) is 119 Å². The average Bonchev–Trinajstić information content (AvgIpc) is 3.27. The molecule has 10 heteroatoms. The molecule has 8 nitrogen and oxygen atoms in total. The number of ether oxygens (including phenoxy) is 6. The molecule has 0 aliphatic heterocycles. The summed E-state index contributed by atoms with van der Waals surface area (Å²) in [5.74, 6) is 8.02. The Labute approximate surface area is 353 Å². The number of rotatable bonds is 29. The van der Waals surface area contributed by atoms with Crippen molar-refractivity contribution in [1.82, 2.24) is 0 Å². The fourth-order valence-electron chi connectivity index (χ4n) is 5.98. The summed E-state index contributed by atoms with van der Waals surface area (Å²) in [6, 6.07) is 25.9. The summed E-state index contributed by atoms with van der Waals surface area (Å²) in [4.78, 5) is 25.2. The molecule has 0 saturated heterocycles. The summed E-state index contributed by atoms with van der Waals surface area (Å²) in [6.07, 6.45) is 17.1. The summed E-state index contributed by atoms with van der Waals surface area (Å²) in [5, 5.41) is 0. The van der Waals surface area contributed by atoms with E-state index < -0.39 is 0 Å². The number of methoxy groups -OCH3 is 4.